The van der Waals surface area contributed by atoms with Gasteiger partial charge >= 0.3 is 0 Å². The van der Waals surface area contributed by atoms with E-state index in [1.165, 1.54) is 5.56 Å². The third-order valence-corrected chi connectivity index (χ3v) is 5.77. The van der Waals surface area contributed by atoms with Crippen LogP contribution in [0, 0.1) is 0 Å². The summed E-state index contributed by atoms with van der Waals surface area (Å²) in [5.74, 6) is 4.14. The van der Waals surface area contributed by atoms with Crippen LogP contribution in [-0.4, -0.2) is 56.1 Å². The SMILES string of the molecule is Cn1cc([C@H]2CSCCN2Cc2noc(C3CCOCC3)n2)cn1. The molecule has 0 radical (unpaired) electrons. The van der Waals surface area contributed by atoms with Crippen molar-refractivity contribution in [1.82, 2.24) is 24.8 Å². The molecule has 0 saturated carbocycles. The summed E-state index contributed by atoms with van der Waals surface area (Å²) in [5.41, 5.74) is 1.26. The Morgan fingerprint density at radius 2 is 2.21 bits per heavy atom. The van der Waals surface area contributed by atoms with Gasteiger partial charge in [0, 0.05) is 62.0 Å². The molecule has 1 atom stereocenters. The van der Waals surface area contributed by atoms with Crippen molar-refractivity contribution in [1.29, 1.82) is 0 Å². The third-order valence-electron chi connectivity index (χ3n) is 4.75. The number of nitrogens with zero attached hydrogens (tertiary/aromatic N) is 5. The molecule has 2 aliphatic heterocycles. The van der Waals surface area contributed by atoms with Crippen LogP contribution in [0.3, 0.4) is 0 Å². The van der Waals surface area contributed by atoms with E-state index in [2.05, 4.69) is 26.3 Å². The van der Waals surface area contributed by atoms with Gasteiger partial charge in [0.05, 0.1) is 12.7 Å². The second kappa shape index (κ2) is 7.25. The molecule has 0 bridgehead atoms. The zero-order valence-electron chi connectivity index (χ0n) is 13.9. The molecule has 4 rings (SSSR count). The van der Waals surface area contributed by atoms with E-state index in [0.717, 1.165) is 62.4 Å². The Bertz CT molecular complexity index is 667. The molecule has 2 saturated heterocycles. The largest absolute Gasteiger partial charge is 0.381 e. The standard InChI is InChI=1S/C16H23N5O2S/c1-20-9-13(8-17-20)14-11-24-7-4-21(14)10-15-18-16(23-19-15)12-2-5-22-6-3-12/h8-9,12,14H,2-7,10-11H2,1H3/t14-/m1/s1. The lowest BCUT2D eigenvalue weighted by Gasteiger charge is -2.33. The Hall–Kier alpha value is -1.38. The van der Waals surface area contributed by atoms with Crippen molar-refractivity contribution in [3.05, 3.63) is 29.7 Å². The summed E-state index contributed by atoms with van der Waals surface area (Å²) in [6, 6.07) is 0.363. The molecular weight excluding hydrogens is 326 g/mol. The average Bonchev–Trinajstić information content (AvgIpc) is 3.25. The topological polar surface area (TPSA) is 69.2 Å². The van der Waals surface area contributed by atoms with Crippen molar-refractivity contribution < 1.29 is 9.26 Å². The van der Waals surface area contributed by atoms with E-state index in [-0.39, 0.29) is 0 Å². The summed E-state index contributed by atoms with van der Waals surface area (Å²) in [7, 11) is 1.96. The average molecular weight is 349 g/mol. The molecule has 0 N–H and O–H groups in total. The van der Waals surface area contributed by atoms with Crippen molar-refractivity contribution in [3.8, 4) is 0 Å². The van der Waals surface area contributed by atoms with Gasteiger partial charge in [0.15, 0.2) is 5.82 Å². The molecule has 130 valence electrons. The highest BCUT2D eigenvalue weighted by atomic mass is 32.2. The second-order valence-electron chi connectivity index (χ2n) is 6.44. The third kappa shape index (κ3) is 3.50. The van der Waals surface area contributed by atoms with E-state index in [1.807, 2.05) is 29.7 Å². The van der Waals surface area contributed by atoms with Gasteiger partial charge in [-0.1, -0.05) is 5.16 Å². The molecule has 7 nitrogen and oxygen atoms in total. The predicted molar refractivity (Wildman–Crippen MR) is 90.8 cm³/mol. The quantitative estimate of drug-likeness (QED) is 0.836. The Morgan fingerprint density at radius 1 is 1.33 bits per heavy atom. The first kappa shape index (κ1) is 16.1. The number of hydrogen-bond donors (Lipinski definition) is 0. The van der Waals surface area contributed by atoms with Crippen molar-refractivity contribution >= 4 is 11.8 Å². The fraction of sp³-hybridized carbons (Fsp3) is 0.688. The van der Waals surface area contributed by atoms with Crippen LogP contribution in [0.5, 0.6) is 0 Å². The fourth-order valence-corrected chi connectivity index (χ4v) is 4.53. The van der Waals surface area contributed by atoms with Gasteiger partial charge in [-0.3, -0.25) is 9.58 Å². The Morgan fingerprint density at radius 3 is 3.00 bits per heavy atom. The van der Waals surface area contributed by atoms with Crippen LogP contribution >= 0.6 is 11.8 Å². The number of rotatable bonds is 4. The Kier molecular flexibility index (Phi) is 4.86. The maximum Gasteiger partial charge on any atom is 0.229 e. The molecule has 24 heavy (non-hydrogen) atoms. The molecule has 2 aliphatic rings. The first-order chi connectivity index (χ1) is 11.8. The van der Waals surface area contributed by atoms with E-state index in [4.69, 9.17) is 9.26 Å². The summed E-state index contributed by atoms with van der Waals surface area (Å²) in [6.45, 7) is 3.34. The van der Waals surface area contributed by atoms with Gasteiger partial charge in [-0.2, -0.15) is 21.8 Å². The lowest BCUT2D eigenvalue weighted by Crippen LogP contribution is -2.35. The minimum atomic E-state index is 0.353. The molecule has 0 unspecified atom stereocenters. The number of aryl methyl sites for hydroxylation is 1. The summed E-state index contributed by atoms with van der Waals surface area (Å²) < 4.78 is 12.8. The smallest absolute Gasteiger partial charge is 0.229 e. The fourth-order valence-electron chi connectivity index (χ4n) is 3.37. The molecule has 4 heterocycles. The molecule has 2 fully saturated rings. The van der Waals surface area contributed by atoms with Crippen molar-refractivity contribution in [2.45, 2.75) is 31.3 Å². The molecule has 0 aliphatic carbocycles. The van der Waals surface area contributed by atoms with Gasteiger partial charge < -0.3 is 9.26 Å². The van der Waals surface area contributed by atoms with E-state index in [9.17, 15) is 0 Å². The lowest BCUT2D eigenvalue weighted by atomic mass is 10.0. The molecule has 0 amide bonds. The van der Waals surface area contributed by atoms with Crippen LogP contribution < -0.4 is 0 Å². The minimum absolute atomic E-state index is 0.353. The molecule has 2 aromatic rings. The first-order valence-corrected chi connectivity index (χ1v) is 9.65. The van der Waals surface area contributed by atoms with E-state index < -0.39 is 0 Å². The van der Waals surface area contributed by atoms with Gasteiger partial charge in [0.25, 0.3) is 0 Å². The molecule has 8 heteroatoms. The summed E-state index contributed by atoms with van der Waals surface area (Å²) in [4.78, 5) is 7.10. The van der Waals surface area contributed by atoms with Crippen LogP contribution in [0.2, 0.25) is 0 Å². The summed E-state index contributed by atoms with van der Waals surface area (Å²) >= 11 is 1.99. The molecule has 0 aromatic carbocycles. The van der Waals surface area contributed by atoms with Gasteiger partial charge in [0.2, 0.25) is 5.89 Å². The van der Waals surface area contributed by atoms with Crippen molar-refractivity contribution in [2.24, 2.45) is 7.05 Å². The van der Waals surface area contributed by atoms with Gasteiger partial charge in [-0.15, -0.1) is 0 Å². The zero-order valence-corrected chi connectivity index (χ0v) is 14.7. The normalized spacial score (nSPS) is 23.6. The number of aromatic nitrogens is 4. The first-order valence-electron chi connectivity index (χ1n) is 8.50. The summed E-state index contributed by atoms with van der Waals surface area (Å²) in [6.07, 6.45) is 6.01. The Labute approximate surface area is 145 Å². The van der Waals surface area contributed by atoms with E-state index >= 15 is 0 Å². The zero-order chi connectivity index (χ0) is 16.4. The van der Waals surface area contributed by atoms with Crippen LogP contribution in [0.15, 0.2) is 16.9 Å². The van der Waals surface area contributed by atoms with Gasteiger partial charge in [-0.05, 0) is 12.8 Å². The van der Waals surface area contributed by atoms with E-state index in [0.29, 0.717) is 12.0 Å². The monoisotopic (exact) mass is 349 g/mol. The maximum absolute atomic E-state index is 5.53. The maximum atomic E-state index is 5.53. The molecular formula is C16H23N5O2S. The van der Waals surface area contributed by atoms with Crippen molar-refractivity contribution in [3.63, 3.8) is 0 Å². The van der Waals surface area contributed by atoms with Crippen molar-refractivity contribution in [2.75, 3.05) is 31.3 Å². The van der Waals surface area contributed by atoms with Crippen LogP contribution in [0.4, 0.5) is 0 Å². The Balaban J connectivity index is 1.45. The predicted octanol–water partition coefficient (Wildman–Crippen LogP) is 1.99. The van der Waals surface area contributed by atoms with Crippen LogP contribution in [0.1, 0.15) is 42.1 Å². The number of ether oxygens (including phenoxy) is 1. The van der Waals surface area contributed by atoms with E-state index in [1.54, 1.807) is 0 Å². The minimum Gasteiger partial charge on any atom is -0.381 e. The highest BCUT2D eigenvalue weighted by molar-refractivity contribution is 7.99. The highest BCUT2D eigenvalue weighted by Crippen LogP contribution is 2.31. The molecule has 2 aromatic heterocycles. The van der Waals surface area contributed by atoms with Crippen LogP contribution in [-0.2, 0) is 18.3 Å². The summed E-state index contributed by atoms with van der Waals surface area (Å²) in [5, 5.41) is 8.54. The van der Waals surface area contributed by atoms with Crippen LogP contribution in [0.25, 0.3) is 0 Å². The molecule has 0 spiro atoms. The van der Waals surface area contributed by atoms with Gasteiger partial charge in [0.1, 0.15) is 0 Å². The number of thioether (sulfide) groups is 1. The number of hydrogen-bond acceptors (Lipinski definition) is 7. The lowest BCUT2D eigenvalue weighted by molar-refractivity contribution is 0.0778. The van der Waals surface area contributed by atoms with Gasteiger partial charge in [-0.25, -0.2) is 0 Å². The highest BCUT2D eigenvalue weighted by Gasteiger charge is 2.28. The second-order valence-corrected chi connectivity index (χ2v) is 7.59.